The predicted molar refractivity (Wildman–Crippen MR) is 172 cm³/mol. The molecule has 0 aliphatic rings. The molecule has 9 heteroatoms. The van der Waals surface area contributed by atoms with Crippen molar-refractivity contribution >= 4 is 50.7 Å². The minimum Gasteiger partial charge on any atom is -0.496 e. The summed E-state index contributed by atoms with van der Waals surface area (Å²) in [6, 6.07) is 28.3. The molecule has 8 nitrogen and oxygen atoms in total. The number of fused-ring (bicyclic) bond motifs is 2. The van der Waals surface area contributed by atoms with Gasteiger partial charge >= 0.3 is 0 Å². The number of furan rings is 1. The SMILES string of the molecule is CCOc1cc(C=Nn2c(-c3cc4c(OC)cccc4o3)nc3ccccc3c2=O)cc(I)c1OCc1ccccc1. The van der Waals surface area contributed by atoms with Gasteiger partial charge in [0.05, 0.1) is 39.8 Å². The Bertz CT molecular complexity index is 1980. The summed E-state index contributed by atoms with van der Waals surface area (Å²) in [6.45, 7) is 2.80. The molecule has 0 unspecified atom stereocenters. The van der Waals surface area contributed by atoms with Gasteiger partial charge < -0.3 is 18.6 Å². The third kappa shape index (κ3) is 5.47. The van der Waals surface area contributed by atoms with Crippen LogP contribution in [0.5, 0.6) is 17.2 Å². The van der Waals surface area contributed by atoms with Crippen LogP contribution in [0.4, 0.5) is 0 Å². The fourth-order valence-corrected chi connectivity index (χ4v) is 5.41. The van der Waals surface area contributed by atoms with Gasteiger partial charge in [0.2, 0.25) is 5.82 Å². The first-order valence-electron chi connectivity index (χ1n) is 13.3. The smallest absolute Gasteiger partial charge is 0.282 e. The van der Waals surface area contributed by atoms with Crippen molar-refractivity contribution in [1.29, 1.82) is 0 Å². The highest BCUT2D eigenvalue weighted by molar-refractivity contribution is 14.1. The van der Waals surface area contributed by atoms with E-state index in [0.29, 0.717) is 52.7 Å². The number of hydrogen-bond donors (Lipinski definition) is 0. The van der Waals surface area contributed by atoms with Crippen LogP contribution < -0.4 is 19.8 Å². The third-order valence-corrected chi connectivity index (χ3v) is 7.40. The first kappa shape index (κ1) is 27.5. The summed E-state index contributed by atoms with van der Waals surface area (Å²) in [4.78, 5) is 18.5. The molecular formula is C33H26IN3O5. The lowest BCUT2D eigenvalue weighted by Crippen LogP contribution is -2.20. The van der Waals surface area contributed by atoms with Crippen molar-refractivity contribution in [3.05, 3.63) is 116 Å². The Morgan fingerprint density at radius 1 is 0.929 bits per heavy atom. The highest BCUT2D eigenvalue weighted by atomic mass is 127. The van der Waals surface area contributed by atoms with E-state index in [0.717, 1.165) is 20.1 Å². The highest BCUT2D eigenvalue weighted by Gasteiger charge is 2.18. The molecule has 0 atom stereocenters. The molecule has 0 spiro atoms. The molecule has 6 rings (SSSR count). The Hall–Kier alpha value is -4.64. The van der Waals surface area contributed by atoms with Crippen molar-refractivity contribution in [2.75, 3.05) is 13.7 Å². The molecule has 210 valence electrons. The van der Waals surface area contributed by atoms with E-state index >= 15 is 0 Å². The van der Waals surface area contributed by atoms with Gasteiger partial charge in [-0.3, -0.25) is 4.79 Å². The van der Waals surface area contributed by atoms with Crippen LogP contribution in [0.15, 0.2) is 105 Å². The van der Waals surface area contributed by atoms with Crippen molar-refractivity contribution in [3.63, 3.8) is 0 Å². The Labute approximate surface area is 255 Å². The summed E-state index contributed by atoms with van der Waals surface area (Å²) < 4.78 is 25.8. The largest absolute Gasteiger partial charge is 0.496 e. The molecule has 0 saturated heterocycles. The number of hydrogen-bond acceptors (Lipinski definition) is 7. The van der Waals surface area contributed by atoms with E-state index in [1.807, 2.05) is 79.7 Å². The van der Waals surface area contributed by atoms with E-state index in [-0.39, 0.29) is 11.4 Å². The van der Waals surface area contributed by atoms with Crippen LogP contribution in [0.2, 0.25) is 0 Å². The molecule has 0 amide bonds. The Balaban J connectivity index is 1.42. The summed E-state index contributed by atoms with van der Waals surface area (Å²) >= 11 is 2.22. The molecule has 2 aromatic heterocycles. The summed E-state index contributed by atoms with van der Waals surface area (Å²) in [6.07, 6.45) is 1.61. The zero-order valence-corrected chi connectivity index (χ0v) is 25.1. The number of para-hydroxylation sites is 1. The van der Waals surface area contributed by atoms with Gasteiger partial charge in [0.15, 0.2) is 17.3 Å². The fraction of sp³-hybridized carbons (Fsp3) is 0.121. The maximum atomic E-state index is 13.7. The van der Waals surface area contributed by atoms with Crippen LogP contribution >= 0.6 is 22.6 Å². The summed E-state index contributed by atoms with van der Waals surface area (Å²) in [5, 5.41) is 5.83. The summed E-state index contributed by atoms with van der Waals surface area (Å²) in [5.41, 5.74) is 2.63. The quantitative estimate of drug-likeness (QED) is 0.119. The van der Waals surface area contributed by atoms with Gasteiger partial charge in [0.25, 0.3) is 5.56 Å². The molecule has 6 aromatic rings. The second kappa shape index (κ2) is 12.1. The number of rotatable bonds is 9. The number of halogens is 1. The van der Waals surface area contributed by atoms with Crippen LogP contribution in [-0.4, -0.2) is 29.6 Å². The normalized spacial score (nSPS) is 11.4. The molecular weight excluding hydrogens is 645 g/mol. The molecule has 0 aliphatic carbocycles. The molecule has 42 heavy (non-hydrogen) atoms. The second-order valence-electron chi connectivity index (χ2n) is 9.33. The monoisotopic (exact) mass is 671 g/mol. The van der Waals surface area contributed by atoms with Gasteiger partial charge in [-0.1, -0.05) is 48.5 Å². The maximum absolute atomic E-state index is 13.7. The molecule has 0 fully saturated rings. The second-order valence-corrected chi connectivity index (χ2v) is 10.5. The van der Waals surface area contributed by atoms with E-state index in [1.165, 1.54) is 4.68 Å². The number of methoxy groups -OCH3 is 1. The van der Waals surface area contributed by atoms with Crippen molar-refractivity contribution in [3.8, 4) is 28.8 Å². The van der Waals surface area contributed by atoms with Crippen LogP contribution in [0, 0.1) is 3.57 Å². The van der Waals surface area contributed by atoms with Gasteiger partial charge in [0.1, 0.15) is 17.9 Å². The zero-order chi connectivity index (χ0) is 29.1. The molecule has 2 heterocycles. The molecule has 4 aromatic carbocycles. The summed E-state index contributed by atoms with van der Waals surface area (Å²) in [7, 11) is 1.60. The van der Waals surface area contributed by atoms with E-state index in [2.05, 4.69) is 27.7 Å². The van der Waals surface area contributed by atoms with Gasteiger partial charge in [-0.25, -0.2) is 4.98 Å². The van der Waals surface area contributed by atoms with Crippen molar-refractivity contribution in [2.45, 2.75) is 13.5 Å². The van der Waals surface area contributed by atoms with E-state index in [4.69, 9.17) is 23.6 Å². The Kier molecular flexibility index (Phi) is 7.91. The number of nitrogens with zero attached hydrogens (tertiary/aromatic N) is 3. The number of ether oxygens (including phenoxy) is 3. The van der Waals surface area contributed by atoms with E-state index < -0.39 is 0 Å². The molecule has 0 aliphatic heterocycles. The van der Waals surface area contributed by atoms with Crippen LogP contribution in [0.1, 0.15) is 18.1 Å². The van der Waals surface area contributed by atoms with E-state index in [1.54, 1.807) is 31.5 Å². The summed E-state index contributed by atoms with van der Waals surface area (Å²) in [5.74, 6) is 2.57. The van der Waals surface area contributed by atoms with Crippen molar-refractivity contribution < 1.29 is 18.6 Å². The lowest BCUT2D eigenvalue weighted by Gasteiger charge is -2.15. The fourth-order valence-electron chi connectivity index (χ4n) is 4.63. The van der Waals surface area contributed by atoms with Crippen LogP contribution in [-0.2, 0) is 6.61 Å². The average Bonchev–Trinajstić information content (AvgIpc) is 3.45. The minimum absolute atomic E-state index is 0.274. The minimum atomic E-state index is -0.318. The van der Waals surface area contributed by atoms with Gasteiger partial charge in [-0.05, 0) is 83.1 Å². The number of benzene rings is 4. The highest BCUT2D eigenvalue weighted by Crippen LogP contribution is 2.35. The average molecular weight is 671 g/mol. The van der Waals surface area contributed by atoms with Crippen molar-refractivity contribution in [1.82, 2.24) is 9.66 Å². The predicted octanol–water partition coefficient (Wildman–Crippen LogP) is 7.28. The van der Waals surface area contributed by atoms with Gasteiger partial charge in [-0.2, -0.15) is 9.78 Å². The zero-order valence-electron chi connectivity index (χ0n) is 22.9. The van der Waals surface area contributed by atoms with Crippen molar-refractivity contribution in [2.24, 2.45) is 5.10 Å². The topological polar surface area (TPSA) is 88.1 Å². The van der Waals surface area contributed by atoms with Gasteiger partial charge in [-0.15, -0.1) is 0 Å². The Morgan fingerprint density at radius 3 is 2.55 bits per heavy atom. The lowest BCUT2D eigenvalue weighted by atomic mass is 10.2. The lowest BCUT2D eigenvalue weighted by molar-refractivity contribution is 0.267. The molecule has 0 N–H and O–H groups in total. The van der Waals surface area contributed by atoms with Gasteiger partial charge in [0, 0.05) is 0 Å². The first-order valence-corrected chi connectivity index (χ1v) is 14.4. The van der Waals surface area contributed by atoms with Crippen LogP contribution in [0.25, 0.3) is 33.5 Å². The standard InChI is InChI=1S/C33H26IN3O5/c1-3-40-29-17-22(16-25(34)31(29)41-20-21-10-5-4-6-11-21)19-35-37-32(36-26-13-8-7-12-23(26)33(37)38)30-18-24-27(39-2)14-9-15-28(24)42-30/h4-19H,3,20H2,1-2H3. The van der Waals surface area contributed by atoms with Crippen LogP contribution in [0.3, 0.4) is 0 Å². The molecule has 0 saturated carbocycles. The molecule has 0 bridgehead atoms. The van der Waals surface area contributed by atoms with E-state index in [9.17, 15) is 4.79 Å². The molecule has 0 radical (unpaired) electrons. The maximum Gasteiger partial charge on any atom is 0.282 e. The Morgan fingerprint density at radius 2 is 1.74 bits per heavy atom. The number of aromatic nitrogens is 2. The first-order chi connectivity index (χ1) is 20.6. The third-order valence-electron chi connectivity index (χ3n) is 6.60.